The molecule has 0 saturated carbocycles. The zero-order chi connectivity index (χ0) is 19.6. The van der Waals surface area contributed by atoms with Crippen LogP contribution in [0.5, 0.6) is 11.5 Å². The van der Waals surface area contributed by atoms with Gasteiger partial charge < -0.3 is 24.8 Å². The largest absolute Gasteiger partial charge is 0.454 e. The summed E-state index contributed by atoms with van der Waals surface area (Å²) < 4.78 is 10.6. The predicted octanol–water partition coefficient (Wildman–Crippen LogP) is 3.92. The minimum absolute atomic E-state index is 0.0792. The van der Waals surface area contributed by atoms with E-state index in [0.29, 0.717) is 36.7 Å². The van der Waals surface area contributed by atoms with Gasteiger partial charge in [0.1, 0.15) is 0 Å². The predicted molar refractivity (Wildman–Crippen MR) is 107 cm³/mol. The van der Waals surface area contributed by atoms with Gasteiger partial charge in [0.25, 0.3) is 0 Å². The number of amides is 2. The van der Waals surface area contributed by atoms with E-state index in [-0.39, 0.29) is 24.8 Å². The number of nitrogens with zero attached hydrogens (tertiary/aromatic N) is 1. The Kier molecular flexibility index (Phi) is 5.33. The molecule has 0 unspecified atom stereocenters. The zero-order valence-electron chi connectivity index (χ0n) is 15.5. The smallest absolute Gasteiger partial charge is 0.321 e. The molecule has 0 atom stereocenters. The SMILES string of the molecule is O=C(Nc1ccc2c(c1)OCO2)N1CCC(CO)(Cc2ccccc2Cl)CC1. The second-order valence-electron chi connectivity index (χ2n) is 7.41. The molecule has 148 valence electrons. The normalized spacial score (nSPS) is 17.4. The molecule has 2 amide bonds. The van der Waals surface area contributed by atoms with Crippen LogP contribution in [0, 0.1) is 5.41 Å². The van der Waals surface area contributed by atoms with Crippen LogP contribution < -0.4 is 14.8 Å². The van der Waals surface area contributed by atoms with Crippen molar-refractivity contribution in [1.82, 2.24) is 4.90 Å². The van der Waals surface area contributed by atoms with E-state index >= 15 is 0 Å². The van der Waals surface area contributed by atoms with E-state index in [1.165, 1.54) is 0 Å². The van der Waals surface area contributed by atoms with Crippen LogP contribution in [-0.4, -0.2) is 42.5 Å². The summed E-state index contributed by atoms with van der Waals surface area (Å²) in [4.78, 5) is 14.4. The average molecular weight is 403 g/mol. The molecule has 7 heteroatoms. The molecule has 1 fully saturated rings. The van der Waals surface area contributed by atoms with Crippen molar-refractivity contribution in [3.63, 3.8) is 0 Å². The van der Waals surface area contributed by atoms with E-state index in [1.54, 1.807) is 23.1 Å². The third-order valence-electron chi connectivity index (χ3n) is 5.59. The maximum atomic E-state index is 12.6. The summed E-state index contributed by atoms with van der Waals surface area (Å²) in [6.07, 6.45) is 2.16. The molecule has 28 heavy (non-hydrogen) atoms. The second kappa shape index (κ2) is 7.89. The molecular formula is C21H23ClN2O4. The van der Waals surface area contributed by atoms with Crippen molar-refractivity contribution in [2.24, 2.45) is 5.41 Å². The number of benzene rings is 2. The fraction of sp³-hybridized carbons (Fsp3) is 0.381. The molecular weight excluding hydrogens is 380 g/mol. The average Bonchev–Trinajstić information content (AvgIpc) is 3.18. The molecule has 6 nitrogen and oxygen atoms in total. The number of hydrogen-bond donors (Lipinski definition) is 2. The molecule has 2 N–H and O–H groups in total. The van der Waals surface area contributed by atoms with Gasteiger partial charge in [-0.3, -0.25) is 0 Å². The van der Waals surface area contributed by atoms with Gasteiger partial charge in [0.05, 0.1) is 0 Å². The quantitative estimate of drug-likeness (QED) is 0.813. The van der Waals surface area contributed by atoms with Crippen LogP contribution in [0.4, 0.5) is 10.5 Å². The fourth-order valence-corrected chi connectivity index (χ4v) is 4.00. The topological polar surface area (TPSA) is 71.0 Å². The lowest BCUT2D eigenvalue weighted by Crippen LogP contribution is -2.47. The summed E-state index contributed by atoms with van der Waals surface area (Å²) in [6, 6.07) is 12.9. The lowest BCUT2D eigenvalue weighted by atomic mass is 9.74. The second-order valence-corrected chi connectivity index (χ2v) is 7.82. The lowest BCUT2D eigenvalue weighted by Gasteiger charge is -2.41. The third-order valence-corrected chi connectivity index (χ3v) is 5.96. The van der Waals surface area contributed by atoms with Crippen LogP contribution in [0.25, 0.3) is 0 Å². The summed E-state index contributed by atoms with van der Waals surface area (Å²) in [5.74, 6) is 1.32. The Morgan fingerprint density at radius 1 is 1.14 bits per heavy atom. The molecule has 1 saturated heterocycles. The highest BCUT2D eigenvalue weighted by molar-refractivity contribution is 6.31. The van der Waals surface area contributed by atoms with E-state index in [1.807, 2.05) is 24.3 Å². The van der Waals surface area contributed by atoms with E-state index in [4.69, 9.17) is 21.1 Å². The Bertz CT molecular complexity index is 865. The molecule has 2 heterocycles. The molecule has 4 rings (SSSR count). The number of likely N-dealkylation sites (tertiary alicyclic amines) is 1. The number of fused-ring (bicyclic) bond motifs is 1. The van der Waals surface area contributed by atoms with Crippen molar-refractivity contribution in [1.29, 1.82) is 0 Å². The number of aliphatic hydroxyl groups is 1. The van der Waals surface area contributed by atoms with Gasteiger partial charge >= 0.3 is 6.03 Å². The van der Waals surface area contributed by atoms with E-state index in [2.05, 4.69) is 5.32 Å². The number of aliphatic hydroxyl groups excluding tert-OH is 1. The summed E-state index contributed by atoms with van der Waals surface area (Å²) in [5, 5.41) is 13.7. The van der Waals surface area contributed by atoms with Gasteiger partial charge in [0, 0.05) is 41.9 Å². The highest BCUT2D eigenvalue weighted by atomic mass is 35.5. The molecule has 2 aromatic rings. The number of carbonyl (C=O) groups is 1. The first-order valence-corrected chi connectivity index (χ1v) is 9.76. The van der Waals surface area contributed by atoms with Crippen LogP contribution in [0.2, 0.25) is 5.02 Å². The monoisotopic (exact) mass is 402 g/mol. The van der Waals surface area contributed by atoms with E-state index in [0.717, 1.165) is 23.4 Å². The van der Waals surface area contributed by atoms with Crippen LogP contribution >= 0.6 is 11.6 Å². The van der Waals surface area contributed by atoms with Gasteiger partial charge in [0.2, 0.25) is 6.79 Å². The molecule has 2 aliphatic heterocycles. The van der Waals surface area contributed by atoms with Crippen molar-refractivity contribution in [2.75, 3.05) is 31.8 Å². The first kappa shape index (κ1) is 18.9. The molecule has 2 aromatic carbocycles. The number of nitrogens with one attached hydrogen (secondary N) is 1. The first-order chi connectivity index (χ1) is 13.6. The molecule has 0 aromatic heterocycles. The third kappa shape index (κ3) is 3.88. The van der Waals surface area contributed by atoms with Crippen molar-refractivity contribution in [3.8, 4) is 11.5 Å². The molecule has 2 aliphatic rings. The summed E-state index contributed by atoms with van der Waals surface area (Å²) in [6.45, 7) is 1.45. The highest BCUT2D eigenvalue weighted by Crippen LogP contribution is 2.37. The number of urea groups is 1. The Balaban J connectivity index is 1.37. The van der Waals surface area contributed by atoms with E-state index in [9.17, 15) is 9.90 Å². The van der Waals surface area contributed by atoms with Gasteiger partial charge in [-0.05, 0) is 43.0 Å². The van der Waals surface area contributed by atoms with Gasteiger partial charge in [0.15, 0.2) is 11.5 Å². The van der Waals surface area contributed by atoms with Gasteiger partial charge in [-0.15, -0.1) is 0 Å². The minimum Gasteiger partial charge on any atom is -0.454 e. The first-order valence-electron chi connectivity index (χ1n) is 9.38. The number of carbonyl (C=O) groups excluding carboxylic acids is 1. The maximum Gasteiger partial charge on any atom is 0.321 e. The van der Waals surface area contributed by atoms with Crippen LogP contribution in [0.15, 0.2) is 42.5 Å². The fourth-order valence-electron chi connectivity index (χ4n) is 3.80. The van der Waals surface area contributed by atoms with Crippen LogP contribution in [-0.2, 0) is 6.42 Å². The van der Waals surface area contributed by atoms with E-state index < -0.39 is 0 Å². The Hall–Kier alpha value is -2.44. The Morgan fingerprint density at radius 3 is 2.64 bits per heavy atom. The number of anilines is 1. The Labute approximate surface area is 169 Å². The number of halogens is 1. The van der Waals surface area contributed by atoms with Crippen LogP contribution in [0.1, 0.15) is 18.4 Å². The van der Waals surface area contributed by atoms with Crippen molar-refractivity contribution < 1.29 is 19.4 Å². The zero-order valence-corrected chi connectivity index (χ0v) is 16.2. The van der Waals surface area contributed by atoms with Crippen molar-refractivity contribution in [2.45, 2.75) is 19.3 Å². The van der Waals surface area contributed by atoms with Crippen LogP contribution in [0.3, 0.4) is 0 Å². The number of rotatable bonds is 4. The number of hydrogen-bond acceptors (Lipinski definition) is 4. The Morgan fingerprint density at radius 2 is 1.89 bits per heavy atom. The standard InChI is InChI=1S/C21H23ClN2O4/c22-17-4-2-1-3-15(17)12-21(13-25)7-9-24(10-8-21)20(26)23-16-5-6-18-19(11-16)28-14-27-18/h1-6,11,25H,7-10,12-14H2,(H,23,26). The van der Waals surface area contributed by atoms with Gasteiger partial charge in [-0.25, -0.2) is 4.79 Å². The molecule has 0 bridgehead atoms. The molecule has 0 radical (unpaired) electrons. The maximum absolute atomic E-state index is 12.6. The summed E-state index contributed by atoms with van der Waals surface area (Å²) >= 11 is 6.30. The molecule has 0 spiro atoms. The van der Waals surface area contributed by atoms with Crippen molar-refractivity contribution >= 4 is 23.3 Å². The lowest BCUT2D eigenvalue weighted by molar-refractivity contribution is 0.0576. The number of piperidine rings is 1. The van der Waals surface area contributed by atoms with Gasteiger partial charge in [-0.2, -0.15) is 0 Å². The summed E-state index contributed by atoms with van der Waals surface area (Å²) in [5.41, 5.74) is 1.46. The molecule has 0 aliphatic carbocycles. The highest BCUT2D eigenvalue weighted by Gasteiger charge is 2.36. The summed E-state index contributed by atoms with van der Waals surface area (Å²) in [7, 11) is 0. The number of ether oxygens (including phenoxy) is 2. The minimum atomic E-state index is -0.249. The van der Waals surface area contributed by atoms with Crippen molar-refractivity contribution in [3.05, 3.63) is 53.1 Å². The van der Waals surface area contributed by atoms with Gasteiger partial charge in [-0.1, -0.05) is 29.8 Å².